The number of ether oxygens (including phenoxy) is 2. The van der Waals surface area contributed by atoms with Crippen molar-refractivity contribution >= 4 is 41.1 Å². The highest BCUT2D eigenvalue weighted by Crippen LogP contribution is 2.22. The van der Waals surface area contributed by atoms with E-state index in [0.29, 0.717) is 28.6 Å². The second-order valence-corrected chi connectivity index (χ2v) is 7.52. The Labute approximate surface area is 190 Å². The predicted molar refractivity (Wildman–Crippen MR) is 124 cm³/mol. The van der Waals surface area contributed by atoms with Crippen LogP contribution in [0.25, 0.3) is 6.08 Å². The van der Waals surface area contributed by atoms with Gasteiger partial charge in [0.15, 0.2) is 5.70 Å². The van der Waals surface area contributed by atoms with Gasteiger partial charge in [0.25, 0.3) is 0 Å². The minimum absolute atomic E-state index is 0.159. The van der Waals surface area contributed by atoms with E-state index < -0.39 is 5.97 Å². The number of carbonyl (C=O) groups is 2. The summed E-state index contributed by atoms with van der Waals surface area (Å²) in [7, 11) is 0. The first-order valence-corrected chi connectivity index (χ1v) is 10.2. The molecule has 0 radical (unpaired) electrons. The molecular formula is C25H19ClN2O4. The maximum Gasteiger partial charge on any atom is 0.363 e. The molecule has 0 spiro atoms. The van der Waals surface area contributed by atoms with Gasteiger partial charge in [0.2, 0.25) is 11.8 Å². The first-order chi connectivity index (χ1) is 15.5. The van der Waals surface area contributed by atoms with Gasteiger partial charge in [0, 0.05) is 23.2 Å². The quantitative estimate of drug-likeness (QED) is 0.416. The van der Waals surface area contributed by atoms with E-state index in [-0.39, 0.29) is 17.5 Å². The summed E-state index contributed by atoms with van der Waals surface area (Å²) in [4.78, 5) is 27.7. The molecular weight excluding hydrogens is 428 g/mol. The smallest absolute Gasteiger partial charge is 0.363 e. The molecule has 1 amide bonds. The molecule has 1 aliphatic heterocycles. The summed E-state index contributed by atoms with van der Waals surface area (Å²) in [6.45, 7) is 1.84. The van der Waals surface area contributed by atoms with Gasteiger partial charge in [-0.3, -0.25) is 4.79 Å². The molecule has 4 rings (SSSR count). The Balaban J connectivity index is 1.43. The largest absolute Gasteiger partial charge is 0.489 e. The van der Waals surface area contributed by atoms with Crippen molar-refractivity contribution in [3.05, 3.63) is 100 Å². The summed E-state index contributed by atoms with van der Waals surface area (Å²) in [5.41, 5.74) is 3.26. The normalized spacial score (nSPS) is 14.1. The summed E-state index contributed by atoms with van der Waals surface area (Å²) < 4.78 is 11.1. The minimum Gasteiger partial charge on any atom is -0.489 e. The van der Waals surface area contributed by atoms with E-state index in [0.717, 1.165) is 11.1 Å². The van der Waals surface area contributed by atoms with Crippen LogP contribution in [0.5, 0.6) is 5.75 Å². The van der Waals surface area contributed by atoms with E-state index in [4.69, 9.17) is 21.1 Å². The fourth-order valence-electron chi connectivity index (χ4n) is 3.04. The van der Waals surface area contributed by atoms with Crippen molar-refractivity contribution in [3.8, 4) is 5.75 Å². The number of nitrogens with zero attached hydrogens (tertiary/aromatic N) is 1. The molecule has 0 atom stereocenters. The number of benzene rings is 3. The van der Waals surface area contributed by atoms with Crippen LogP contribution < -0.4 is 10.1 Å². The standard InChI is InChI=1S/C25H19ClN2O4/c1-16(29)27-21-9-7-19(8-10-21)24-28-23(25(30)32-24)14-17-5-11-22(12-6-17)31-15-18-3-2-4-20(26)13-18/h2-14H,15H2,1H3,(H,27,29)/b23-14-. The third-order valence-corrected chi connectivity index (χ3v) is 4.79. The molecule has 7 heteroatoms. The number of rotatable bonds is 6. The van der Waals surface area contributed by atoms with Crippen molar-refractivity contribution in [2.75, 3.05) is 5.32 Å². The van der Waals surface area contributed by atoms with Crippen molar-refractivity contribution in [2.45, 2.75) is 13.5 Å². The molecule has 1 N–H and O–H groups in total. The van der Waals surface area contributed by atoms with E-state index in [2.05, 4.69) is 10.3 Å². The van der Waals surface area contributed by atoms with Crippen LogP contribution in [-0.4, -0.2) is 17.8 Å². The topological polar surface area (TPSA) is 77.0 Å². The Morgan fingerprint density at radius 1 is 1.09 bits per heavy atom. The average molecular weight is 447 g/mol. The van der Waals surface area contributed by atoms with Gasteiger partial charge in [-0.2, -0.15) is 0 Å². The zero-order chi connectivity index (χ0) is 22.5. The molecule has 32 heavy (non-hydrogen) atoms. The Kier molecular flexibility index (Phi) is 6.33. The van der Waals surface area contributed by atoms with Gasteiger partial charge in [0.05, 0.1) is 0 Å². The SMILES string of the molecule is CC(=O)Nc1ccc(C2=N/C(=C\c3ccc(OCc4cccc(Cl)c4)cc3)C(=O)O2)cc1. The molecule has 1 aliphatic rings. The summed E-state index contributed by atoms with van der Waals surface area (Å²) in [5.74, 6) is 0.238. The molecule has 0 aromatic heterocycles. The minimum atomic E-state index is -0.521. The summed E-state index contributed by atoms with van der Waals surface area (Å²) in [6, 6.07) is 21.7. The molecule has 160 valence electrons. The molecule has 1 heterocycles. The predicted octanol–water partition coefficient (Wildman–Crippen LogP) is 5.22. The Morgan fingerprint density at radius 2 is 1.84 bits per heavy atom. The zero-order valence-corrected chi connectivity index (χ0v) is 17.9. The fraction of sp³-hybridized carbons (Fsp3) is 0.0800. The highest BCUT2D eigenvalue weighted by molar-refractivity contribution is 6.30. The molecule has 0 bridgehead atoms. The number of nitrogens with one attached hydrogen (secondary N) is 1. The van der Waals surface area contributed by atoms with Crippen molar-refractivity contribution in [1.82, 2.24) is 0 Å². The lowest BCUT2D eigenvalue weighted by molar-refractivity contribution is -0.129. The number of hydrogen-bond donors (Lipinski definition) is 1. The molecule has 0 saturated carbocycles. The first-order valence-electron chi connectivity index (χ1n) is 9.84. The third kappa shape index (κ3) is 5.42. The van der Waals surface area contributed by atoms with Crippen LogP contribution in [0.4, 0.5) is 5.69 Å². The van der Waals surface area contributed by atoms with Crippen molar-refractivity contribution in [1.29, 1.82) is 0 Å². The average Bonchev–Trinajstić information content (AvgIpc) is 3.13. The number of anilines is 1. The van der Waals surface area contributed by atoms with Crippen LogP contribution in [-0.2, 0) is 20.9 Å². The molecule has 0 saturated heterocycles. The Bertz CT molecular complexity index is 1220. The van der Waals surface area contributed by atoms with Gasteiger partial charge >= 0.3 is 5.97 Å². The second kappa shape index (κ2) is 9.49. The van der Waals surface area contributed by atoms with E-state index in [1.165, 1.54) is 6.92 Å². The van der Waals surface area contributed by atoms with Crippen LogP contribution in [0.2, 0.25) is 5.02 Å². The van der Waals surface area contributed by atoms with Crippen LogP contribution in [0.1, 0.15) is 23.6 Å². The highest BCUT2D eigenvalue weighted by atomic mass is 35.5. The van der Waals surface area contributed by atoms with Crippen LogP contribution >= 0.6 is 11.6 Å². The fourth-order valence-corrected chi connectivity index (χ4v) is 3.26. The van der Waals surface area contributed by atoms with Crippen molar-refractivity contribution in [3.63, 3.8) is 0 Å². The summed E-state index contributed by atoms with van der Waals surface area (Å²) >= 11 is 5.99. The number of aliphatic imine (C=N–C) groups is 1. The zero-order valence-electron chi connectivity index (χ0n) is 17.2. The lowest BCUT2D eigenvalue weighted by Crippen LogP contribution is -2.07. The van der Waals surface area contributed by atoms with E-state index in [1.54, 1.807) is 30.3 Å². The van der Waals surface area contributed by atoms with Gasteiger partial charge < -0.3 is 14.8 Å². The van der Waals surface area contributed by atoms with Crippen molar-refractivity contribution < 1.29 is 19.1 Å². The maximum absolute atomic E-state index is 12.2. The molecule has 6 nitrogen and oxygen atoms in total. The molecule has 3 aromatic rings. The van der Waals surface area contributed by atoms with Gasteiger partial charge in [-0.1, -0.05) is 35.9 Å². The van der Waals surface area contributed by atoms with Gasteiger partial charge in [-0.05, 0) is 65.7 Å². The maximum atomic E-state index is 12.2. The highest BCUT2D eigenvalue weighted by Gasteiger charge is 2.24. The number of amides is 1. The summed E-state index contributed by atoms with van der Waals surface area (Å²) in [6.07, 6.45) is 1.65. The van der Waals surface area contributed by atoms with E-state index in [1.807, 2.05) is 48.5 Å². The third-order valence-electron chi connectivity index (χ3n) is 4.55. The number of halogens is 1. The summed E-state index contributed by atoms with van der Waals surface area (Å²) in [5, 5.41) is 3.35. The van der Waals surface area contributed by atoms with Crippen LogP contribution in [0.3, 0.4) is 0 Å². The first kappa shape index (κ1) is 21.3. The second-order valence-electron chi connectivity index (χ2n) is 7.08. The number of carbonyl (C=O) groups excluding carboxylic acids is 2. The van der Waals surface area contributed by atoms with Crippen molar-refractivity contribution in [2.24, 2.45) is 4.99 Å². The Morgan fingerprint density at radius 3 is 2.53 bits per heavy atom. The molecule has 3 aromatic carbocycles. The lowest BCUT2D eigenvalue weighted by Gasteiger charge is -2.07. The van der Waals surface area contributed by atoms with Gasteiger partial charge in [0.1, 0.15) is 12.4 Å². The number of esters is 1. The van der Waals surface area contributed by atoms with E-state index in [9.17, 15) is 9.59 Å². The van der Waals surface area contributed by atoms with Gasteiger partial charge in [-0.25, -0.2) is 9.79 Å². The Hall–Kier alpha value is -3.90. The lowest BCUT2D eigenvalue weighted by atomic mass is 10.2. The molecule has 0 aliphatic carbocycles. The molecule has 0 fully saturated rings. The van der Waals surface area contributed by atoms with Crippen LogP contribution in [0.15, 0.2) is 83.5 Å². The number of hydrogen-bond acceptors (Lipinski definition) is 5. The van der Waals surface area contributed by atoms with E-state index >= 15 is 0 Å². The molecule has 0 unspecified atom stereocenters. The van der Waals surface area contributed by atoms with Crippen LogP contribution in [0, 0.1) is 0 Å². The number of cyclic esters (lactones) is 1. The monoisotopic (exact) mass is 446 g/mol. The van der Waals surface area contributed by atoms with Gasteiger partial charge in [-0.15, -0.1) is 0 Å².